The Morgan fingerprint density at radius 2 is 2.04 bits per heavy atom. The molecule has 0 bridgehead atoms. The van der Waals surface area contributed by atoms with E-state index in [4.69, 9.17) is 4.74 Å². The minimum Gasteiger partial charge on any atom is -0.438 e. The van der Waals surface area contributed by atoms with Crippen molar-refractivity contribution in [2.75, 3.05) is 19.6 Å². The van der Waals surface area contributed by atoms with E-state index in [0.29, 0.717) is 30.9 Å². The van der Waals surface area contributed by atoms with Gasteiger partial charge >= 0.3 is 0 Å². The lowest BCUT2D eigenvalue weighted by Gasteiger charge is -2.32. The quantitative estimate of drug-likeness (QED) is 0.851. The molecule has 1 aliphatic heterocycles. The van der Waals surface area contributed by atoms with Gasteiger partial charge in [-0.3, -0.25) is 9.59 Å². The van der Waals surface area contributed by atoms with Gasteiger partial charge in [-0.05, 0) is 43.5 Å². The summed E-state index contributed by atoms with van der Waals surface area (Å²) in [7, 11) is 0. The first kappa shape index (κ1) is 18.9. The second kappa shape index (κ2) is 9.16. The lowest BCUT2D eigenvalue weighted by atomic mass is 9.96. The molecule has 6 nitrogen and oxygen atoms in total. The van der Waals surface area contributed by atoms with E-state index in [-0.39, 0.29) is 23.6 Å². The predicted molar refractivity (Wildman–Crippen MR) is 103 cm³/mol. The number of pyridine rings is 1. The summed E-state index contributed by atoms with van der Waals surface area (Å²) in [6.45, 7) is 3.75. The number of carbonyl (C=O) groups is 2. The summed E-state index contributed by atoms with van der Waals surface area (Å²) in [4.78, 5) is 31.3. The minimum absolute atomic E-state index is 0.0290. The highest BCUT2D eigenvalue weighted by Crippen LogP contribution is 2.26. The van der Waals surface area contributed by atoms with Crippen LogP contribution in [0.15, 0.2) is 48.7 Å². The molecule has 1 N–H and O–H groups in total. The molecule has 0 aliphatic carbocycles. The van der Waals surface area contributed by atoms with Gasteiger partial charge in [-0.2, -0.15) is 0 Å². The van der Waals surface area contributed by atoms with Crippen molar-refractivity contribution in [1.82, 2.24) is 15.2 Å². The number of ether oxygens (including phenoxy) is 1. The Kier molecular flexibility index (Phi) is 6.41. The van der Waals surface area contributed by atoms with Gasteiger partial charge in [0.1, 0.15) is 11.3 Å². The van der Waals surface area contributed by atoms with Crippen LogP contribution in [0.1, 0.15) is 36.5 Å². The van der Waals surface area contributed by atoms with Gasteiger partial charge in [-0.25, -0.2) is 4.98 Å². The summed E-state index contributed by atoms with van der Waals surface area (Å²) < 4.78 is 5.81. The molecule has 0 saturated carbocycles. The highest BCUT2D eigenvalue weighted by molar-refractivity contribution is 5.96. The third-order valence-corrected chi connectivity index (χ3v) is 4.59. The first-order valence-corrected chi connectivity index (χ1v) is 9.44. The molecule has 1 aliphatic rings. The fourth-order valence-corrected chi connectivity index (χ4v) is 3.17. The van der Waals surface area contributed by atoms with E-state index in [1.54, 1.807) is 23.2 Å². The Labute approximate surface area is 159 Å². The Balaban J connectivity index is 1.73. The Bertz CT molecular complexity index is 779. The first-order valence-electron chi connectivity index (χ1n) is 9.44. The SMILES string of the molecule is CCCNC(=O)C1CCCN(C(=O)c2cccnc2Oc2ccccc2)C1. The number of aromatic nitrogens is 1. The highest BCUT2D eigenvalue weighted by atomic mass is 16.5. The summed E-state index contributed by atoms with van der Waals surface area (Å²) in [6.07, 6.45) is 4.12. The monoisotopic (exact) mass is 367 g/mol. The Morgan fingerprint density at radius 1 is 1.22 bits per heavy atom. The smallest absolute Gasteiger partial charge is 0.259 e. The fourth-order valence-electron chi connectivity index (χ4n) is 3.17. The fraction of sp³-hybridized carbons (Fsp3) is 0.381. The topological polar surface area (TPSA) is 71.5 Å². The van der Waals surface area contributed by atoms with Crippen LogP contribution in [0.3, 0.4) is 0 Å². The predicted octanol–water partition coefficient (Wildman–Crippen LogP) is 3.25. The molecule has 1 aromatic heterocycles. The van der Waals surface area contributed by atoms with Crippen LogP contribution in [0.2, 0.25) is 0 Å². The molecule has 1 fully saturated rings. The van der Waals surface area contributed by atoms with Crippen molar-refractivity contribution in [3.63, 3.8) is 0 Å². The number of para-hydroxylation sites is 1. The molecule has 1 saturated heterocycles. The number of piperidine rings is 1. The maximum absolute atomic E-state index is 13.1. The summed E-state index contributed by atoms with van der Waals surface area (Å²) >= 11 is 0. The first-order chi connectivity index (χ1) is 13.2. The number of carbonyl (C=O) groups excluding carboxylic acids is 2. The maximum atomic E-state index is 13.1. The zero-order chi connectivity index (χ0) is 19.1. The van der Waals surface area contributed by atoms with Gasteiger partial charge in [-0.15, -0.1) is 0 Å². The van der Waals surface area contributed by atoms with Crippen LogP contribution in [-0.4, -0.2) is 41.3 Å². The number of rotatable bonds is 6. The maximum Gasteiger partial charge on any atom is 0.259 e. The molecule has 1 aromatic carbocycles. The zero-order valence-electron chi connectivity index (χ0n) is 15.6. The minimum atomic E-state index is -0.163. The van der Waals surface area contributed by atoms with Crippen LogP contribution < -0.4 is 10.1 Å². The van der Waals surface area contributed by atoms with Crippen molar-refractivity contribution >= 4 is 11.8 Å². The Morgan fingerprint density at radius 3 is 2.81 bits per heavy atom. The molecule has 0 spiro atoms. The zero-order valence-corrected chi connectivity index (χ0v) is 15.6. The number of nitrogens with one attached hydrogen (secondary N) is 1. The van der Waals surface area contributed by atoms with Crippen molar-refractivity contribution in [1.29, 1.82) is 0 Å². The van der Waals surface area contributed by atoms with Crippen molar-refractivity contribution < 1.29 is 14.3 Å². The van der Waals surface area contributed by atoms with Crippen LogP contribution in [0.4, 0.5) is 0 Å². The second-order valence-corrected chi connectivity index (χ2v) is 6.65. The van der Waals surface area contributed by atoms with Gasteiger partial charge in [0.25, 0.3) is 5.91 Å². The molecular formula is C21H25N3O3. The van der Waals surface area contributed by atoms with E-state index < -0.39 is 0 Å². The number of amides is 2. The van der Waals surface area contributed by atoms with Crippen LogP contribution in [0.25, 0.3) is 0 Å². The molecule has 27 heavy (non-hydrogen) atoms. The number of hydrogen-bond acceptors (Lipinski definition) is 4. The molecule has 3 rings (SSSR count). The number of nitrogens with zero attached hydrogens (tertiary/aromatic N) is 2. The van der Waals surface area contributed by atoms with Gasteiger partial charge in [0, 0.05) is 25.8 Å². The third-order valence-electron chi connectivity index (χ3n) is 4.59. The molecule has 1 atom stereocenters. The summed E-state index contributed by atoms with van der Waals surface area (Å²) in [5.41, 5.74) is 0.413. The van der Waals surface area contributed by atoms with Crippen molar-refractivity contribution in [2.45, 2.75) is 26.2 Å². The normalized spacial score (nSPS) is 16.6. The van der Waals surface area contributed by atoms with Crippen LogP contribution >= 0.6 is 0 Å². The lowest BCUT2D eigenvalue weighted by molar-refractivity contribution is -0.126. The van der Waals surface area contributed by atoms with Gasteiger partial charge < -0.3 is 15.0 Å². The van der Waals surface area contributed by atoms with Crippen molar-refractivity contribution in [3.05, 3.63) is 54.2 Å². The van der Waals surface area contributed by atoms with E-state index in [1.807, 2.05) is 37.3 Å². The van der Waals surface area contributed by atoms with E-state index in [1.165, 1.54) is 0 Å². The van der Waals surface area contributed by atoms with Crippen LogP contribution in [-0.2, 0) is 4.79 Å². The summed E-state index contributed by atoms with van der Waals surface area (Å²) in [5.74, 6) is 0.625. The second-order valence-electron chi connectivity index (χ2n) is 6.65. The molecular weight excluding hydrogens is 342 g/mol. The standard InChI is InChI=1S/C21H25N3O3/c1-2-12-22-19(25)16-8-7-14-24(15-16)21(26)18-11-6-13-23-20(18)27-17-9-4-3-5-10-17/h3-6,9-11,13,16H,2,7-8,12,14-15H2,1H3,(H,22,25). The third kappa shape index (κ3) is 4.84. The van der Waals surface area contributed by atoms with Crippen LogP contribution in [0.5, 0.6) is 11.6 Å². The van der Waals surface area contributed by atoms with Gasteiger partial charge in [0.15, 0.2) is 0 Å². The molecule has 2 aromatic rings. The molecule has 2 amide bonds. The Hall–Kier alpha value is -2.89. The largest absolute Gasteiger partial charge is 0.438 e. The molecule has 142 valence electrons. The van der Waals surface area contributed by atoms with Crippen LogP contribution in [0, 0.1) is 5.92 Å². The van der Waals surface area contributed by atoms with E-state index in [9.17, 15) is 9.59 Å². The van der Waals surface area contributed by atoms with Gasteiger partial charge in [0.05, 0.1) is 5.92 Å². The molecule has 2 heterocycles. The van der Waals surface area contributed by atoms with Gasteiger partial charge in [0.2, 0.25) is 11.8 Å². The lowest BCUT2D eigenvalue weighted by Crippen LogP contribution is -2.45. The average Bonchev–Trinajstić information content (AvgIpc) is 2.73. The number of benzene rings is 1. The van der Waals surface area contributed by atoms with Crippen molar-refractivity contribution in [2.24, 2.45) is 5.92 Å². The van der Waals surface area contributed by atoms with Crippen molar-refractivity contribution in [3.8, 4) is 11.6 Å². The highest BCUT2D eigenvalue weighted by Gasteiger charge is 2.30. The van der Waals surface area contributed by atoms with E-state index in [2.05, 4.69) is 10.3 Å². The average molecular weight is 367 g/mol. The van der Waals surface area contributed by atoms with E-state index in [0.717, 1.165) is 19.3 Å². The summed E-state index contributed by atoms with van der Waals surface area (Å²) in [5, 5.41) is 2.93. The molecule has 0 radical (unpaired) electrons. The number of hydrogen-bond donors (Lipinski definition) is 1. The summed E-state index contributed by atoms with van der Waals surface area (Å²) in [6, 6.07) is 12.7. The van der Waals surface area contributed by atoms with Gasteiger partial charge in [-0.1, -0.05) is 25.1 Å². The molecule has 1 unspecified atom stereocenters. The number of likely N-dealkylation sites (tertiary alicyclic amines) is 1. The molecule has 6 heteroatoms. The van der Waals surface area contributed by atoms with E-state index >= 15 is 0 Å².